The second kappa shape index (κ2) is 8.29. The van der Waals surface area contributed by atoms with Gasteiger partial charge in [0.2, 0.25) is 5.91 Å². The number of aromatic nitrogens is 6. The molecule has 1 amide bonds. The van der Waals surface area contributed by atoms with Crippen LogP contribution >= 0.6 is 0 Å². The van der Waals surface area contributed by atoms with Crippen molar-refractivity contribution in [3.05, 3.63) is 74.4 Å². The van der Waals surface area contributed by atoms with Gasteiger partial charge in [-0.3, -0.25) is 14.2 Å². The highest BCUT2D eigenvalue weighted by atomic mass is 16.2. The third kappa shape index (κ3) is 3.86. The molecule has 166 valence electrons. The summed E-state index contributed by atoms with van der Waals surface area (Å²) in [7, 11) is 3.20. The van der Waals surface area contributed by atoms with E-state index in [4.69, 9.17) is 0 Å². The van der Waals surface area contributed by atoms with Crippen LogP contribution < -0.4 is 16.6 Å². The van der Waals surface area contributed by atoms with Gasteiger partial charge < -0.3 is 9.88 Å². The first-order valence-corrected chi connectivity index (χ1v) is 10.3. The molecule has 32 heavy (non-hydrogen) atoms. The molecule has 1 aromatic carbocycles. The lowest BCUT2D eigenvalue weighted by Gasteiger charge is -2.10. The second-order valence-electron chi connectivity index (χ2n) is 7.87. The van der Waals surface area contributed by atoms with E-state index in [-0.39, 0.29) is 12.1 Å². The molecule has 3 heterocycles. The van der Waals surface area contributed by atoms with Gasteiger partial charge in [0.05, 0.1) is 17.7 Å². The van der Waals surface area contributed by atoms with Crippen molar-refractivity contribution in [3.63, 3.8) is 0 Å². The Balaban J connectivity index is 1.40. The van der Waals surface area contributed by atoms with Gasteiger partial charge in [0.1, 0.15) is 6.54 Å². The van der Waals surface area contributed by atoms with Gasteiger partial charge >= 0.3 is 5.69 Å². The summed E-state index contributed by atoms with van der Waals surface area (Å²) in [5, 5.41) is 7.26. The average Bonchev–Trinajstić information content (AvgIpc) is 3.31. The van der Waals surface area contributed by atoms with Crippen LogP contribution in [0.4, 0.5) is 0 Å². The van der Waals surface area contributed by atoms with Crippen LogP contribution in [0.2, 0.25) is 0 Å². The number of imidazole rings is 1. The predicted octanol–water partition coefficient (Wildman–Crippen LogP) is 0.595. The Bertz CT molecular complexity index is 1420. The molecule has 0 unspecified atom stereocenters. The predicted molar refractivity (Wildman–Crippen MR) is 120 cm³/mol. The summed E-state index contributed by atoms with van der Waals surface area (Å²) in [4.78, 5) is 41.7. The summed E-state index contributed by atoms with van der Waals surface area (Å²) >= 11 is 0. The highest BCUT2D eigenvalue weighted by molar-refractivity contribution is 5.76. The molecule has 0 radical (unpaired) electrons. The Labute approximate surface area is 183 Å². The number of carbonyl (C=O) groups excluding carboxylic acids is 1. The van der Waals surface area contributed by atoms with Crippen LogP contribution in [0.5, 0.6) is 0 Å². The molecule has 10 nitrogen and oxygen atoms in total. The average molecular weight is 435 g/mol. The van der Waals surface area contributed by atoms with Gasteiger partial charge in [-0.25, -0.2) is 19.0 Å². The number of carbonyl (C=O) groups is 1. The topological polar surface area (TPSA) is 109 Å². The number of benzene rings is 1. The lowest BCUT2D eigenvalue weighted by molar-refractivity contribution is -0.121. The smallest absolute Gasteiger partial charge is 0.332 e. The first-order valence-electron chi connectivity index (χ1n) is 10.3. The monoisotopic (exact) mass is 435 g/mol. The highest BCUT2D eigenvalue weighted by Crippen LogP contribution is 2.13. The molecule has 0 saturated heterocycles. The van der Waals surface area contributed by atoms with Gasteiger partial charge in [0.15, 0.2) is 11.2 Å². The first-order chi connectivity index (χ1) is 15.3. The normalized spacial score (nSPS) is 11.2. The summed E-state index contributed by atoms with van der Waals surface area (Å²) in [5.74, 6) is -0.398. The van der Waals surface area contributed by atoms with E-state index in [1.807, 2.05) is 48.9 Å². The Hall–Kier alpha value is -3.95. The van der Waals surface area contributed by atoms with Crippen molar-refractivity contribution >= 4 is 17.1 Å². The van der Waals surface area contributed by atoms with Gasteiger partial charge in [-0.05, 0) is 44.0 Å². The van der Waals surface area contributed by atoms with Crippen molar-refractivity contribution in [1.82, 2.24) is 33.8 Å². The van der Waals surface area contributed by atoms with Crippen LogP contribution in [-0.2, 0) is 31.9 Å². The lowest BCUT2D eigenvalue weighted by atomic mass is 10.1. The van der Waals surface area contributed by atoms with E-state index < -0.39 is 17.2 Å². The first kappa shape index (κ1) is 21.3. The Morgan fingerprint density at radius 3 is 2.47 bits per heavy atom. The number of amides is 1. The molecule has 0 aliphatic heterocycles. The van der Waals surface area contributed by atoms with Crippen molar-refractivity contribution in [2.75, 3.05) is 6.54 Å². The van der Waals surface area contributed by atoms with E-state index >= 15 is 0 Å². The quantitative estimate of drug-likeness (QED) is 0.477. The van der Waals surface area contributed by atoms with Crippen molar-refractivity contribution in [2.45, 2.75) is 26.8 Å². The number of rotatable bonds is 6. The molecular weight excluding hydrogens is 410 g/mol. The summed E-state index contributed by atoms with van der Waals surface area (Å²) < 4.78 is 5.64. The van der Waals surface area contributed by atoms with Gasteiger partial charge in [0, 0.05) is 26.3 Å². The second-order valence-corrected chi connectivity index (χ2v) is 7.87. The number of fused-ring (bicyclic) bond motifs is 1. The number of aryl methyl sites for hydroxylation is 4. The zero-order valence-electron chi connectivity index (χ0n) is 18.5. The maximum atomic E-state index is 12.7. The zero-order valence-corrected chi connectivity index (χ0v) is 18.5. The summed E-state index contributed by atoms with van der Waals surface area (Å²) in [6, 6.07) is 9.99. The van der Waals surface area contributed by atoms with Crippen LogP contribution in [0.1, 0.15) is 17.0 Å². The molecule has 0 aliphatic rings. The largest absolute Gasteiger partial charge is 0.354 e. The molecule has 0 bridgehead atoms. The van der Waals surface area contributed by atoms with Gasteiger partial charge in [-0.15, -0.1) is 0 Å². The van der Waals surface area contributed by atoms with E-state index in [2.05, 4.69) is 15.4 Å². The fraction of sp³-hybridized carbons (Fsp3) is 0.318. The summed E-state index contributed by atoms with van der Waals surface area (Å²) in [5.41, 5.74) is 3.53. The fourth-order valence-corrected chi connectivity index (χ4v) is 3.78. The van der Waals surface area contributed by atoms with Crippen molar-refractivity contribution in [2.24, 2.45) is 14.1 Å². The molecule has 0 aliphatic carbocycles. The van der Waals surface area contributed by atoms with Crippen molar-refractivity contribution in [3.8, 4) is 5.69 Å². The summed E-state index contributed by atoms with van der Waals surface area (Å²) in [6.07, 6.45) is 2.09. The third-order valence-corrected chi connectivity index (χ3v) is 5.43. The minimum Gasteiger partial charge on any atom is -0.354 e. The SMILES string of the molecule is Cc1cc(C)n(-c2ccc(CCNC(=O)Cn3c(=O)c4c(ncn4C)n(C)c3=O)cc2)n1. The summed E-state index contributed by atoms with van der Waals surface area (Å²) in [6.45, 7) is 4.01. The molecule has 0 saturated carbocycles. The Kier molecular flexibility index (Phi) is 5.52. The number of hydrogen-bond donors (Lipinski definition) is 1. The molecule has 4 aromatic rings. The molecule has 1 N–H and O–H groups in total. The minimum absolute atomic E-state index is 0.280. The number of hydrogen-bond acceptors (Lipinski definition) is 5. The lowest BCUT2D eigenvalue weighted by Crippen LogP contribution is -2.43. The fourth-order valence-electron chi connectivity index (χ4n) is 3.78. The van der Waals surface area contributed by atoms with Crippen LogP contribution in [0, 0.1) is 13.8 Å². The molecular formula is C22H25N7O3. The maximum absolute atomic E-state index is 12.7. The van der Waals surface area contributed by atoms with Crippen molar-refractivity contribution in [1.29, 1.82) is 0 Å². The molecule has 10 heteroatoms. The van der Waals surface area contributed by atoms with E-state index in [0.717, 1.165) is 27.2 Å². The molecule has 3 aromatic heterocycles. The third-order valence-electron chi connectivity index (χ3n) is 5.43. The molecule has 0 atom stereocenters. The van der Waals surface area contributed by atoms with Gasteiger partial charge in [0.25, 0.3) is 5.56 Å². The number of nitrogens with zero attached hydrogens (tertiary/aromatic N) is 6. The van der Waals surface area contributed by atoms with Crippen LogP contribution in [0.25, 0.3) is 16.9 Å². The van der Waals surface area contributed by atoms with Crippen LogP contribution in [0.3, 0.4) is 0 Å². The Morgan fingerprint density at radius 2 is 1.81 bits per heavy atom. The standard InChI is InChI=1S/C22H25N7O3/c1-14-11-15(2)29(25-14)17-7-5-16(6-8-17)9-10-23-18(30)12-28-21(31)19-20(24-13-26(19)3)27(4)22(28)32/h5-8,11,13H,9-10,12H2,1-4H3,(H,23,30). The highest BCUT2D eigenvalue weighted by Gasteiger charge is 2.16. The molecule has 0 fully saturated rings. The van der Waals surface area contributed by atoms with E-state index in [9.17, 15) is 14.4 Å². The van der Waals surface area contributed by atoms with E-state index in [1.165, 1.54) is 17.9 Å². The van der Waals surface area contributed by atoms with E-state index in [0.29, 0.717) is 18.6 Å². The van der Waals surface area contributed by atoms with Gasteiger partial charge in [-0.2, -0.15) is 5.10 Å². The molecule has 0 spiro atoms. The maximum Gasteiger partial charge on any atom is 0.332 e. The van der Waals surface area contributed by atoms with E-state index in [1.54, 1.807) is 11.6 Å². The molecule has 4 rings (SSSR count). The number of nitrogens with one attached hydrogen (secondary N) is 1. The van der Waals surface area contributed by atoms with Gasteiger partial charge in [-0.1, -0.05) is 12.1 Å². The minimum atomic E-state index is -0.573. The Morgan fingerprint density at radius 1 is 1.09 bits per heavy atom. The van der Waals surface area contributed by atoms with Crippen molar-refractivity contribution < 1.29 is 4.79 Å². The van der Waals surface area contributed by atoms with Crippen LogP contribution in [0.15, 0.2) is 46.2 Å². The van der Waals surface area contributed by atoms with Crippen LogP contribution in [-0.4, -0.2) is 40.9 Å². The zero-order chi connectivity index (χ0) is 23.0.